The van der Waals surface area contributed by atoms with Crippen LogP contribution >= 0.6 is 0 Å². The van der Waals surface area contributed by atoms with Gasteiger partial charge in [-0.05, 0) is 43.3 Å². The van der Waals surface area contributed by atoms with E-state index in [1.54, 1.807) is 6.92 Å². The van der Waals surface area contributed by atoms with Crippen LogP contribution in [0.15, 0.2) is 70.4 Å². The van der Waals surface area contributed by atoms with Crippen molar-refractivity contribution in [2.75, 3.05) is 18.3 Å². The second kappa shape index (κ2) is 10.5. The third-order valence-electron chi connectivity index (χ3n) is 5.66. The molecule has 39 heavy (non-hydrogen) atoms. The van der Waals surface area contributed by atoms with E-state index in [0.717, 1.165) is 23.3 Å². The van der Waals surface area contributed by atoms with Gasteiger partial charge in [0.05, 0.1) is 35.1 Å². The Hall–Kier alpha value is -4.26. The first-order valence-electron chi connectivity index (χ1n) is 11.2. The number of anilines is 1. The standard InChI is InChI=1S/C26H21F4N3O5S/c1-15-14-38-24(32-15)13-33(22-12-31-7-6-20(22)21-5-4-18(27)11-23(21)37-2)25(34)16-8-17(26(28,29)30)10-19(9-16)39(3,35)36/h4-12,14H,13H2,1-3H3. The maximum atomic E-state index is 13.9. The number of halogens is 4. The molecule has 204 valence electrons. The average molecular weight is 564 g/mol. The molecule has 2 aromatic heterocycles. The van der Waals surface area contributed by atoms with Crippen molar-refractivity contribution in [3.63, 3.8) is 0 Å². The number of pyridine rings is 1. The van der Waals surface area contributed by atoms with Gasteiger partial charge in [0.2, 0.25) is 5.89 Å². The van der Waals surface area contributed by atoms with Gasteiger partial charge in [-0.25, -0.2) is 17.8 Å². The van der Waals surface area contributed by atoms with Gasteiger partial charge in [-0.2, -0.15) is 13.2 Å². The number of alkyl halides is 3. The summed E-state index contributed by atoms with van der Waals surface area (Å²) in [5.41, 5.74) is -0.585. The van der Waals surface area contributed by atoms with Crippen LogP contribution < -0.4 is 9.64 Å². The van der Waals surface area contributed by atoms with Gasteiger partial charge in [-0.3, -0.25) is 14.7 Å². The highest BCUT2D eigenvalue weighted by atomic mass is 32.2. The molecule has 4 aromatic rings. The smallest absolute Gasteiger partial charge is 0.416 e. The number of oxazole rings is 1. The largest absolute Gasteiger partial charge is 0.496 e. The molecule has 0 saturated heterocycles. The van der Waals surface area contributed by atoms with Crippen molar-refractivity contribution in [2.45, 2.75) is 24.5 Å². The number of benzene rings is 2. The predicted molar refractivity (Wildman–Crippen MR) is 132 cm³/mol. The number of amides is 1. The maximum Gasteiger partial charge on any atom is 0.416 e. The number of rotatable bonds is 7. The van der Waals surface area contributed by atoms with Crippen molar-refractivity contribution >= 4 is 21.4 Å². The summed E-state index contributed by atoms with van der Waals surface area (Å²) in [5, 5.41) is 0. The summed E-state index contributed by atoms with van der Waals surface area (Å²) in [6, 6.07) is 7.14. The van der Waals surface area contributed by atoms with Gasteiger partial charge in [0, 0.05) is 35.2 Å². The monoisotopic (exact) mass is 563 g/mol. The highest BCUT2D eigenvalue weighted by Gasteiger charge is 2.34. The molecular weight excluding hydrogens is 542 g/mol. The molecule has 13 heteroatoms. The van der Waals surface area contributed by atoms with Crippen molar-refractivity contribution < 1.29 is 39.9 Å². The minimum atomic E-state index is -4.93. The lowest BCUT2D eigenvalue weighted by atomic mass is 10.0. The number of ether oxygens (including phenoxy) is 1. The molecule has 8 nitrogen and oxygen atoms in total. The molecule has 0 radical (unpaired) electrons. The Balaban J connectivity index is 1.94. The third-order valence-corrected chi connectivity index (χ3v) is 6.75. The summed E-state index contributed by atoms with van der Waals surface area (Å²) in [5.74, 6) is -1.39. The summed E-state index contributed by atoms with van der Waals surface area (Å²) < 4.78 is 90.0. The number of sulfone groups is 1. The SMILES string of the molecule is COc1cc(F)ccc1-c1ccncc1N(Cc1nc(C)co1)C(=O)c1cc(C(F)(F)F)cc(S(C)(=O)=O)c1. The number of hydrogen-bond acceptors (Lipinski definition) is 7. The van der Waals surface area contributed by atoms with Crippen molar-refractivity contribution in [1.29, 1.82) is 0 Å². The highest BCUT2D eigenvalue weighted by molar-refractivity contribution is 7.90. The fourth-order valence-corrected chi connectivity index (χ4v) is 4.53. The average Bonchev–Trinajstić information content (AvgIpc) is 3.30. The summed E-state index contributed by atoms with van der Waals surface area (Å²) in [6.45, 7) is 1.29. The summed E-state index contributed by atoms with van der Waals surface area (Å²) in [4.78, 5) is 22.5. The minimum Gasteiger partial charge on any atom is -0.496 e. The molecule has 0 aliphatic carbocycles. The molecule has 0 atom stereocenters. The lowest BCUT2D eigenvalue weighted by Crippen LogP contribution is -2.31. The number of aryl methyl sites for hydroxylation is 1. The highest BCUT2D eigenvalue weighted by Crippen LogP contribution is 2.38. The first kappa shape index (κ1) is 27.8. The Morgan fingerprint density at radius 1 is 1.10 bits per heavy atom. The zero-order valence-electron chi connectivity index (χ0n) is 20.8. The third kappa shape index (κ3) is 6.08. The van der Waals surface area contributed by atoms with E-state index in [-0.39, 0.29) is 23.9 Å². The Morgan fingerprint density at radius 2 is 1.85 bits per heavy atom. The Kier molecular flexibility index (Phi) is 7.46. The number of methoxy groups -OCH3 is 1. The van der Waals surface area contributed by atoms with Crippen LogP contribution in [0.1, 0.15) is 27.5 Å². The fraction of sp³-hybridized carbons (Fsp3) is 0.192. The molecule has 0 saturated carbocycles. The quantitative estimate of drug-likeness (QED) is 0.275. The van der Waals surface area contributed by atoms with Gasteiger partial charge in [0.1, 0.15) is 24.4 Å². The van der Waals surface area contributed by atoms with Crippen LogP contribution in [-0.4, -0.2) is 37.7 Å². The molecule has 0 fully saturated rings. The number of hydrogen-bond donors (Lipinski definition) is 0. The molecule has 2 aromatic carbocycles. The molecule has 1 amide bonds. The Morgan fingerprint density at radius 3 is 2.46 bits per heavy atom. The number of carbonyl (C=O) groups excluding carboxylic acids is 1. The van der Waals surface area contributed by atoms with Gasteiger partial charge in [-0.15, -0.1) is 0 Å². The first-order chi connectivity index (χ1) is 18.3. The van der Waals surface area contributed by atoms with E-state index in [9.17, 15) is 30.8 Å². The van der Waals surface area contributed by atoms with Crippen molar-refractivity contribution in [2.24, 2.45) is 0 Å². The van der Waals surface area contributed by atoms with Crippen molar-refractivity contribution in [3.8, 4) is 16.9 Å². The fourth-order valence-electron chi connectivity index (χ4n) is 3.85. The van der Waals surface area contributed by atoms with Crippen molar-refractivity contribution in [3.05, 3.63) is 89.7 Å². The summed E-state index contributed by atoms with van der Waals surface area (Å²) in [7, 11) is -2.79. The van der Waals surface area contributed by atoms with Crippen molar-refractivity contribution in [1.82, 2.24) is 9.97 Å². The van der Waals surface area contributed by atoms with E-state index in [2.05, 4.69) is 9.97 Å². The summed E-state index contributed by atoms with van der Waals surface area (Å²) in [6.07, 6.45) is -0.162. The number of aromatic nitrogens is 2. The topological polar surface area (TPSA) is 103 Å². The molecule has 0 spiro atoms. The van der Waals surface area contributed by atoms with Gasteiger partial charge in [0.15, 0.2) is 9.84 Å². The molecule has 4 rings (SSSR count). The maximum absolute atomic E-state index is 13.9. The zero-order chi connectivity index (χ0) is 28.5. The normalized spacial score (nSPS) is 11.9. The number of carbonyl (C=O) groups is 1. The van der Waals surface area contributed by atoms with E-state index in [4.69, 9.17) is 9.15 Å². The minimum absolute atomic E-state index is 0.0528. The summed E-state index contributed by atoms with van der Waals surface area (Å²) >= 11 is 0. The molecule has 0 aliphatic rings. The Bertz CT molecular complexity index is 1650. The number of nitrogens with zero attached hydrogens (tertiary/aromatic N) is 3. The van der Waals surface area contributed by atoms with Gasteiger partial charge in [-0.1, -0.05) is 0 Å². The van der Waals surface area contributed by atoms with Gasteiger partial charge in [0.25, 0.3) is 5.91 Å². The van der Waals surface area contributed by atoms with E-state index < -0.39 is 43.8 Å². The second-order valence-corrected chi connectivity index (χ2v) is 10.5. The van der Waals surface area contributed by atoms with Crippen LogP contribution in [0.4, 0.5) is 23.2 Å². The Labute approximate surface area is 220 Å². The van der Waals surface area contributed by atoms with E-state index in [1.165, 1.54) is 44.0 Å². The lowest BCUT2D eigenvalue weighted by molar-refractivity contribution is -0.137. The van der Waals surface area contributed by atoms with E-state index >= 15 is 0 Å². The van der Waals surface area contributed by atoms with Gasteiger partial charge >= 0.3 is 6.18 Å². The molecule has 0 N–H and O–H groups in total. The van der Waals surface area contributed by atoms with Crippen LogP contribution in [0.5, 0.6) is 5.75 Å². The van der Waals surface area contributed by atoms with E-state index in [0.29, 0.717) is 29.0 Å². The molecular formula is C26H21F4N3O5S. The molecule has 0 bridgehead atoms. The zero-order valence-corrected chi connectivity index (χ0v) is 21.6. The second-order valence-electron chi connectivity index (χ2n) is 8.53. The molecule has 0 aliphatic heterocycles. The van der Waals surface area contributed by atoms with Crippen LogP contribution in [0.2, 0.25) is 0 Å². The first-order valence-corrected chi connectivity index (χ1v) is 13.1. The van der Waals surface area contributed by atoms with E-state index in [1.807, 2.05) is 0 Å². The van der Waals surface area contributed by atoms with Gasteiger partial charge < -0.3 is 9.15 Å². The lowest BCUT2D eigenvalue weighted by Gasteiger charge is -2.25. The molecule has 2 heterocycles. The van der Waals surface area contributed by atoms with Crippen LogP contribution in [0.25, 0.3) is 11.1 Å². The molecule has 0 unspecified atom stereocenters. The van der Waals surface area contributed by atoms with Crippen LogP contribution in [-0.2, 0) is 22.6 Å². The van der Waals surface area contributed by atoms with Crippen LogP contribution in [0, 0.1) is 12.7 Å². The predicted octanol–water partition coefficient (Wildman–Crippen LogP) is 5.46. The van der Waals surface area contributed by atoms with Crippen LogP contribution in [0.3, 0.4) is 0 Å².